The van der Waals surface area contributed by atoms with Crippen LogP contribution in [-0.4, -0.2) is 46.8 Å². The van der Waals surface area contributed by atoms with Gasteiger partial charge in [-0.3, -0.25) is 9.48 Å². The first-order valence-electron chi connectivity index (χ1n) is 7.14. The Labute approximate surface area is 121 Å². The minimum Gasteiger partial charge on any atom is -0.354 e. The van der Waals surface area contributed by atoms with E-state index in [9.17, 15) is 4.79 Å². The number of rotatable bonds is 8. The number of aromatic nitrogens is 2. The Morgan fingerprint density at radius 1 is 1.50 bits per heavy atom. The maximum absolute atomic E-state index is 11.9. The number of carbonyl (C=O) groups is 1. The lowest BCUT2D eigenvalue weighted by Crippen LogP contribution is -2.35. The Bertz CT molecular complexity index is 415. The van der Waals surface area contributed by atoms with Gasteiger partial charge in [-0.05, 0) is 40.3 Å². The van der Waals surface area contributed by atoms with E-state index in [1.807, 2.05) is 0 Å². The van der Waals surface area contributed by atoms with E-state index in [0.717, 1.165) is 24.9 Å². The average molecular weight is 281 g/mol. The summed E-state index contributed by atoms with van der Waals surface area (Å²) in [6, 6.07) is -0.0781. The highest BCUT2D eigenvalue weighted by Gasteiger charge is 2.16. The number of carbonyl (C=O) groups excluding carboxylic acids is 1. The molecule has 0 saturated carbocycles. The molecule has 0 aliphatic carbocycles. The van der Waals surface area contributed by atoms with E-state index in [1.165, 1.54) is 0 Å². The van der Waals surface area contributed by atoms with E-state index in [-0.39, 0.29) is 5.91 Å². The first-order valence-corrected chi connectivity index (χ1v) is 7.14. The number of hydrogen-bond acceptors (Lipinski definition) is 4. The number of amides is 1. The lowest BCUT2D eigenvalue weighted by molar-refractivity contribution is -0.122. The summed E-state index contributed by atoms with van der Waals surface area (Å²) >= 11 is 0. The van der Waals surface area contributed by atoms with Gasteiger partial charge in [0.1, 0.15) is 6.04 Å². The molecule has 20 heavy (non-hydrogen) atoms. The van der Waals surface area contributed by atoms with Gasteiger partial charge in [0, 0.05) is 31.4 Å². The zero-order valence-electron chi connectivity index (χ0n) is 13.0. The molecule has 1 amide bonds. The summed E-state index contributed by atoms with van der Waals surface area (Å²) in [6.07, 6.45) is 5.42. The summed E-state index contributed by atoms with van der Waals surface area (Å²) in [5.74, 6) is -0.143. The molecule has 1 unspecified atom stereocenters. The van der Waals surface area contributed by atoms with E-state index in [0.29, 0.717) is 12.6 Å². The molecule has 114 valence electrons. The Morgan fingerprint density at radius 3 is 2.75 bits per heavy atom. The van der Waals surface area contributed by atoms with Gasteiger partial charge in [-0.2, -0.15) is 5.10 Å². The zero-order chi connectivity index (χ0) is 15.1. The first-order chi connectivity index (χ1) is 9.41. The highest BCUT2D eigenvalue weighted by molar-refractivity contribution is 5.82. The monoisotopic (exact) mass is 281 g/mol. The number of nitrogens with zero attached hydrogens (tertiary/aromatic N) is 3. The Hall–Kier alpha value is -1.40. The predicted molar refractivity (Wildman–Crippen MR) is 80.1 cm³/mol. The molecule has 1 heterocycles. The maximum atomic E-state index is 11.9. The van der Waals surface area contributed by atoms with E-state index >= 15 is 0 Å². The van der Waals surface area contributed by atoms with Crippen molar-refractivity contribution >= 4 is 5.91 Å². The second-order valence-electron chi connectivity index (χ2n) is 5.50. The highest BCUT2D eigenvalue weighted by atomic mass is 16.2. The Balaban J connectivity index is 2.20. The van der Waals surface area contributed by atoms with Gasteiger partial charge in [0.05, 0.1) is 6.20 Å². The molecule has 0 aliphatic heterocycles. The van der Waals surface area contributed by atoms with Crippen molar-refractivity contribution < 1.29 is 4.79 Å². The fraction of sp³-hybridized carbons (Fsp3) is 0.714. The molecule has 1 aromatic rings. The summed E-state index contributed by atoms with van der Waals surface area (Å²) < 4.78 is 1.64. The van der Waals surface area contributed by atoms with Crippen LogP contribution in [0, 0.1) is 0 Å². The first kappa shape index (κ1) is 16.7. The van der Waals surface area contributed by atoms with Crippen molar-refractivity contribution in [2.45, 2.75) is 38.8 Å². The van der Waals surface area contributed by atoms with Crippen molar-refractivity contribution in [1.82, 2.24) is 20.0 Å². The fourth-order valence-corrected chi connectivity index (χ4v) is 1.82. The molecule has 0 fully saturated rings. The van der Waals surface area contributed by atoms with Gasteiger partial charge in [0.15, 0.2) is 0 Å². The summed E-state index contributed by atoms with van der Waals surface area (Å²) in [5.41, 5.74) is 6.62. The molecule has 0 radical (unpaired) electrons. The largest absolute Gasteiger partial charge is 0.354 e. The van der Waals surface area contributed by atoms with E-state index in [1.54, 1.807) is 24.1 Å². The highest BCUT2D eigenvalue weighted by Crippen LogP contribution is 2.08. The summed E-state index contributed by atoms with van der Waals surface area (Å²) in [6.45, 7) is 6.06. The van der Waals surface area contributed by atoms with Crippen LogP contribution in [0.15, 0.2) is 12.4 Å². The molecule has 1 aromatic heterocycles. The van der Waals surface area contributed by atoms with Crippen LogP contribution in [0.4, 0.5) is 0 Å². The van der Waals surface area contributed by atoms with Crippen LogP contribution >= 0.6 is 0 Å². The van der Waals surface area contributed by atoms with E-state index < -0.39 is 6.04 Å². The predicted octanol–water partition coefficient (Wildman–Crippen LogP) is 0.657. The molecule has 0 bridgehead atoms. The molecule has 0 aliphatic rings. The van der Waals surface area contributed by atoms with Gasteiger partial charge in [-0.15, -0.1) is 0 Å². The number of unbranched alkanes of at least 4 members (excludes halogenated alkanes) is 1. The van der Waals surface area contributed by atoms with Crippen LogP contribution in [0.3, 0.4) is 0 Å². The van der Waals surface area contributed by atoms with Crippen molar-refractivity contribution in [3.05, 3.63) is 18.0 Å². The summed E-state index contributed by atoms with van der Waals surface area (Å²) in [4.78, 5) is 14.2. The molecule has 0 aromatic carbocycles. The Kier molecular flexibility index (Phi) is 6.67. The molecule has 3 N–H and O–H groups in total. The molecular weight excluding hydrogens is 254 g/mol. The number of aryl methyl sites for hydroxylation is 1. The molecule has 1 atom stereocenters. The fourth-order valence-electron chi connectivity index (χ4n) is 1.82. The quantitative estimate of drug-likeness (QED) is 0.686. The molecule has 0 spiro atoms. The van der Waals surface area contributed by atoms with Crippen molar-refractivity contribution in [3.8, 4) is 0 Å². The zero-order valence-corrected chi connectivity index (χ0v) is 13.0. The molecular formula is C14H27N5O. The minimum atomic E-state index is -0.637. The summed E-state index contributed by atoms with van der Waals surface area (Å²) in [5, 5.41) is 6.89. The van der Waals surface area contributed by atoms with Crippen molar-refractivity contribution in [3.63, 3.8) is 0 Å². The maximum Gasteiger partial charge on any atom is 0.241 e. The molecule has 6 nitrogen and oxygen atoms in total. The van der Waals surface area contributed by atoms with E-state index in [2.05, 4.69) is 36.2 Å². The lowest BCUT2D eigenvalue weighted by atomic mass is 10.1. The van der Waals surface area contributed by atoms with Crippen LogP contribution in [0.5, 0.6) is 0 Å². The standard InChI is InChI=1S/C14H27N5O/c1-11(2)18(3)8-6-5-7-16-14(20)13(15)12-9-17-19(4)10-12/h9-11,13H,5-8,15H2,1-4H3,(H,16,20). The van der Waals surface area contributed by atoms with Gasteiger partial charge in [0.2, 0.25) is 5.91 Å². The second-order valence-corrected chi connectivity index (χ2v) is 5.50. The summed E-state index contributed by atoms with van der Waals surface area (Å²) in [7, 11) is 3.92. The number of hydrogen-bond donors (Lipinski definition) is 2. The van der Waals surface area contributed by atoms with Crippen LogP contribution in [0.25, 0.3) is 0 Å². The third-order valence-corrected chi connectivity index (χ3v) is 3.48. The topological polar surface area (TPSA) is 76.2 Å². The van der Waals surface area contributed by atoms with Gasteiger partial charge >= 0.3 is 0 Å². The smallest absolute Gasteiger partial charge is 0.241 e. The van der Waals surface area contributed by atoms with Gasteiger partial charge in [-0.25, -0.2) is 0 Å². The van der Waals surface area contributed by atoms with Gasteiger partial charge < -0.3 is 16.0 Å². The third kappa shape index (κ3) is 5.30. The molecule has 0 saturated heterocycles. The van der Waals surface area contributed by atoms with Crippen LogP contribution in [0.1, 0.15) is 38.3 Å². The minimum absolute atomic E-state index is 0.143. The van der Waals surface area contributed by atoms with Crippen LogP contribution in [-0.2, 0) is 11.8 Å². The van der Waals surface area contributed by atoms with Crippen LogP contribution < -0.4 is 11.1 Å². The normalized spacial score (nSPS) is 12.9. The van der Waals surface area contributed by atoms with Crippen LogP contribution in [0.2, 0.25) is 0 Å². The van der Waals surface area contributed by atoms with Gasteiger partial charge in [-0.1, -0.05) is 0 Å². The lowest BCUT2D eigenvalue weighted by Gasteiger charge is -2.20. The Morgan fingerprint density at radius 2 is 2.20 bits per heavy atom. The average Bonchev–Trinajstić information content (AvgIpc) is 2.83. The third-order valence-electron chi connectivity index (χ3n) is 3.48. The molecule has 1 rings (SSSR count). The van der Waals surface area contributed by atoms with Gasteiger partial charge in [0.25, 0.3) is 0 Å². The van der Waals surface area contributed by atoms with E-state index in [4.69, 9.17) is 5.73 Å². The number of nitrogens with one attached hydrogen (secondary N) is 1. The van der Waals surface area contributed by atoms with Crippen molar-refractivity contribution in [1.29, 1.82) is 0 Å². The van der Waals surface area contributed by atoms with Crippen molar-refractivity contribution in [2.75, 3.05) is 20.1 Å². The number of nitrogens with two attached hydrogens (primary N) is 1. The second kappa shape index (κ2) is 8.01. The van der Waals surface area contributed by atoms with Crippen molar-refractivity contribution in [2.24, 2.45) is 12.8 Å². The SMILES string of the molecule is CC(C)N(C)CCCCNC(=O)C(N)c1cnn(C)c1. The molecule has 6 heteroatoms.